The number of amides is 7. The van der Waals surface area contributed by atoms with E-state index in [1.807, 2.05) is 0 Å². The molecule has 1 heterocycles. The maximum atomic E-state index is 14.0. The molecule has 0 spiro atoms. The van der Waals surface area contributed by atoms with Crippen molar-refractivity contribution in [2.45, 2.75) is 95.2 Å². The largest absolute Gasteiger partial charge is 0.780 e. The van der Waals surface area contributed by atoms with Crippen LogP contribution in [0.15, 0.2) is 48.5 Å². The van der Waals surface area contributed by atoms with E-state index in [0.717, 1.165) is 24.0 Å². The first-order valence-corrected chi connectivity index (χ1v) is 20.8. The van der Waals surface area contributed by atoms with Crippen molar-refractivity contribution >= 4 is 55.1 Å². The number of nitrogens with one attached hydrogen (secondary N) is 5. The van der Waals surface area contributed by atoms with Gasteiger partial charge in [0.2, 0.25) is 35.4 Å². The number of hydrogen-bond donors (Lipinski definition) is 9. The molecule has 3 rings (SSSR count). The number of nitrogens with zero attached hydrogens (tertiary/aromatic N) is 1. The Hall–Kier alpha value is -6.13. The number of phosphoric ester groups is 1. The number of nitrogens with two attached hydrogens (primary N) is 1. The molecule has 7 atom stereocenters. The Morgan fingerprint density at radius 3 is 1.89 bits per heavy atom. The van der Waals surface area contributed by atoms with Gasteiger partial charge in [-0.2, -0.15) is 0 Å². The third-order valence-corrected chi connectivity index (χ3v) is 10.0. The molecule has 1 aliphatic rings. The number of aliphatic hydroxyl groups is 1. The van der Waals surface area contributed by atoms with Gasteiger partial charge in [-0.05, 0) is 67.5 Å². The molecule has 0 radical (unpaired) electrons. The summed E-state index contributed by atoms with van der Waals surface area (Å²) in [7, 11) is -5.35. The van der Waals surface area contributed by atoms with Gasteiger partial charge in [0.25, 0.3) is 5.91 Å². The van der Waals surface area contributed by atoms with Gasteiger partial charge in [0, 0.05) is 13.0 Å². The third-order valence-electron chi connectivity index (χ3n) is 9.60. The van der Waals surface area contributed by atoms with Gasteiger partial charge in [0.1, 0.15) is 49.5 Å². The number of phosphoric acid groups is 1. The predicted octanol–water partition coefficient (Wildman–Crippen LogP) is -6.30. The zero-order valence-corrected chi connectivity index (χ0v) is 35.0. The molecule has 23 nitrogen and oxygen atoms in total. The average molecular weight is 891 g/mol. The van der Waals surface area contributed by atoms with Crippen molar-refractivity contribution in [3.63, 3.8) is 0 Å². The number of hydrogen-bond acceptors (Lipinski definition) is 15. The summed E-state index contributed by atoms with van der Waals surface area (Å²) >= 11 is 0. The molecule has 62 heavy (non-hydrogen) atoms. The van der Waals surface area contributed by atoms with E-state index < -0.39 is 110 Å². The highest BCUT2D eigenvalue weighted by atomic mass is 31.2. The maximum Gasteiger partial charge on any atom is 0.275 e. The second kappa shape index (κ2) is 22.6. The molecule has 7 amide bonds. The normalized spacial score (nSPS) is 16.7. The van der Waals surface area contributed by atoms with Crippen LogP contribution < -0.4 is 57.5 Å². The van der Waals surface area contributed by atoms with Crippen LogP contribution in [0.5, 0.6) is 11.5 Å². The Morgan fingerprint density at radius 1 is 0.823 bits per heavy atom. The number of rotatable bonds is 22. The molecule has 2 aromatic rings. The Kier molecular flexibility index (Phi) is 18.3. The van der Waals surface area contributed by atoms with E-state index in [1.54, 1.807) is 13.8 Å². The number of aliphatic hydroxyl groups excluding tert-OH is 1. The standard InChI is InChI=1S/C38H53N8O15P/c1-19(2)31(44-33(51)25(41-30(50)18-39)15-22-8-12-24(13-9-22)61-62(58,59)60)35(53)42-26(17-29(40)49)37(55)46-14-4-5-28(46)34(52)45-32(20(3)47)36(54)43-27(38(56)57)16-21-6-10-23(48)11-7-21/h6-13,19-20,25-28,31-32,47-48H,4-5,14-18,39H2,1-3H3,(H2,40,49)(H,41,50)(H,42,53)(H,43,54)(H,44,51)(H,45,52)(H,56,57)(H2,58,59,60)/p-2/t20-,25+,26+,27+,28+,31+,32+/m1/s1. The van der Waals surface area contributed by atoms with Crippen molar-refractivity contribution in [3.05, 3.63) is 59.7 Å². The maximum absolute atomic E-state index is 14.0. The van der Waals surface area contributed by atoms with Crippen molar-refractivity contribution in [3.8, 4) is 11.5 Å². The predicted molar refractivity (Wildman–Crippen MR) is 208 cm³/mol. The third kappa shape index (κ3) is 15.4. The van der Waals surface area contributed by atoms with E-state index in [1.165, 1.54) is 36.4 Å². The van der Waals surface area contributed by atoms with Crippen LogP contribution in [0.4, 0.5) is 0 Å². The Bertz CT molecular complexity index is 1990. The molecule has 340 valence electrons. The van der Waals surface area contributed by atoms with E-state index >= 15 is 0 Å². The van der Waals surface area contributed by atoms with E-state index in [0.29, 0.717) is 11.1 Å². The van der Waals surface area contributed by atoms with Crippen molar-refractivity contribution in [2.24, 2.45) is 11.7 Å². The van der Waals surface area contributed by atoms with Gasteiger partial charge < -0.3 is 81.9 Å². The van der Waals surface area contributed by atoms with E-state index in [4.69, 9.17) is 5.73 Å². The summed E-state index contributed by atoms with van der Waals surface area (Å²) in [4.78, 5) is 128. The number of likely N-dealkylation sites (tertiary alicyclic amines) is 1. The molecule has 1 fully saturated rings. The number of primary amides is 1. The molecule has 1 aliphatic heterocycles. The van der Waals surface area contributed by atoms with Crippen LogP contribution >= 0.6 is 7.82 Å². The van der Waals surface area contributed by atoms with Crippen LogP contribution in [0.3, 0.4) is 0 Å². The van der Waals surface area contributed by atoms with Crippen LogP contribution in [0.1, 0.15) is 51.2 Å². The van der Waals surface area contributed by atoms with E-state index in [9.17, 15) is 68.0 Å². The highest BCUT2D eigenvalue weighted by Crippen LogP contribution is 2.29. The topological polar surface area (TPSA) is 390 Å². The average Bonchev–Trinajstić information content (AvgIpc) is 3.68. The minimum Gasteiger partial charge on any atom is -0.780 e. The second-order valence-corrected chi connectivity index (χ2v) is 16.0. The van der Waals surface area contributed by atoms with Gasteiger partial charge in [0.05, 0.1) is 24.5 Å². The molecular formula is C38H51N8O15P-2. The van der Waals surface area contributed by atoms with Gasteiger partial charge in [-0.1, -0.05) is 38.1 Å². The van der Waals surface area contributed by atoms with Crippen LogP contribution in [0.2, 0.25) is 0 Å². The Morgan fingerprint density at radius 2 is 1.37 bits per heavy atom. The van der Waals surface area contributed by atoms with Crippen molar-refractivity contribution in [1.29, 1.82) is 0 Å². The Balaban J connectivity index is 1.76. The number of carbonyl (C=O) groups excluding carboxylic acids is 8. The monoisotopic (exact) mass is 890 g/mol. The fourth-order valence-electron chi connectivity index (χ4n) is 6.46. The lowest BCUT2D eigenvalue weighted by molar-refractivity contribution is -0.355. The number of carboxylic acid groups (broad SMARTS) is 1. The van der Waals surface area contributed by atoms with Crippen LogP contribution in [0.25, 0.3) is 0 Å². The van der Waals surface area contributed by atoms with Gasteiger partial charge >= 0.3 is 0 Å². The van der Waals surface area contributed by atoms with Crippen molar-refractivity contribution in [1.82, 2.24) is 31.5 Å². The van der Waals surface area contributed by atoms with Gasteiger partial charge in [-0.25, -0.2) is 0 Å². The van der Waals surface area contributed by atoms with E-state index in [2.05, 4.69) is 36.8 Å². The first-order chi connectivity index (χ1) is 29.0. The number of aromatic hydroxyl groups is 1. The first kappa shape index (κ1) is 50.2. The summed E-state index contributed by atoms with van der Waals surface area (Å²) in [6.07, 6.45) is -2.46. The molecule has 0 aromatic heterocycles. The summed E-state index contributed by atoms with van der Waals surface area (Å²) in [5.41, 5.74) is 9.71. The van der Waals surface area contributed by atoms with Crippen LogP contribution in [-0.2, 0) is 55.8 Å². The number of carboxylic acids is 1. The molecule has 24 heteroatoms. The van der Waals surface area contributed by atoms with Gasteiger partial charge in [-0.3, -0.25) is 33.6 Å². The Labute approximate surface area is 355 Å². The summed E-state index contributed by atoms with van der Waals surface area (Å²) in [6, 6.07) is 1.48. The summed E-state index contributed by atoms with van der Waals surface area (Å²) < 4.78 is 15.3. The lowest BCUT2D eigenvalue weighted by Crippen LogP contribution is -2.62. The molecule has 12 N–H and O–H groups in total. The summed E-state index contributed by atoms with van der Waals surface area (Å²) in [5, 5.41) is 43.9. The fraction of sp³-hybridized carbons (Fsp3) is 0.474. The van der Waals surface area contributed by atoms with E-state index in [-0.39, 0.29) is 50.3 Å². The smallest absolute Gasteiger partial charge is 0.275 e. The molecule has 0 saturated carbocycles. The first-order valence-electron chi connectivity index (χ1n) is 19.4. The zero-order valence-electron chi connectivity index (χ0n) is 34.1. The minimum absolute atomic E-state index is 0.0460. The number of quaternary nitrogens is 1. The number of benzene rings is 2. The SMILES string of the molecule is CC(C)[C@H](NC(=O)[C@H](Cc1ccc(OP(=O)([O-])[O-])cc1)NC(=O)C[NH3+])C(=O)N[C@@H](CC(N)=O)C(=O)N1CCC[C@H]1C(=O)N[C@H](C(=O)N[C@@H](Cc1ccc(O)cc1)C(=O)[O-])[C@@H](C)O. The lowest BCUT2D eigenvalue weighted by atomic mass is 10.00. The number of aliphatic carboxylic acids is 1. The molecule has 0 unspecified atom stereocenters. The van der Waals surface area contributed by atoms with Crippen LogP contribution in [0, 0.1) is 5.92 Å². The quantitative estimate of drug-likeness (QED) is 0.0497. The number of phenolic OH excluding ortho intramolecular Hbond substituents is 1. The highest BCUT2D eigenvalue weighted by Gasteiger charge is 2.41. The van der Waals surface area contributed by atoms with Gasteiger partial charge in [0.15, 0.2) is 6.54 Å². The number of phenols is 1. The molecule has 0 bridgehead atoms. The van der Waals surface area contributed by atoms with Gasteiger partial charge in [-0.15, -0.1) is 0 Å². The van der Waals surface area contributed by atoms with Crippen LogP contribution in [-0.4, -0.2) is 118 Å². The summed E-state index contributed by atoms with van der Waals surface area (Å²) in [6.45, 7) is 3.96. The van der Waals surface area contributed by atoms with Crippen molar-refractivity contribution < 1.29 is 78.3 Å². The second-order valence-electron chi connectivity index (χ2n) is 14.9. The minimum atomic E-state index is -5.35. The highest BCUT2D eigenvalue weighted by molar-refractivity contribution is 7.43. The molecule has 0 aliphatic carbocycles. The lowest BCUT2D eigenvalue weighted by Gasteiger charge is -2.31. The van der Waals surface area contributed by atoms with Crippen molar-refractivity contribution in [2.75, 3.05) is 13.1 Å². The molecule has 1 saturated heterocycles. The molecular weight excluding hydrogens is 839 g/mol. The zero-order chi connectivity index (χ0) is 46.5. The fourth-order valence-corrected chi connectivity index (χ4v) is 6.84. The summed E-state index contributed by atoms with van der Waals surface area (Å²) in [5.74, 6) is -9.11. The molecule has 2 aromatic carbocycles. The number of carbonyl (C=O) groups is 8.